The van der Waals surface area contributed by atoms with Crippen LogP contribution in [0.2, 0.25) is 0 Å². The maximum absolute atomic E-state index is 11.6. The van der Waals surface area contributed by atoms with E-state index in [4.69, 9.17) is 20.9 Å². The van der Waals surface area contributed by atoms with Crippen molar-refractivity contribution in [3.05, 3.63) is 48.2 Å². The van der Waals surface area contributed by atoms with Gasteiger partial charge in [-0.1, -0.05) is 35.0 Å². The maximum atomic E-state index is 11.6. The molecule has 0 aliphatic carbocycles. The molecule has 1 aromatic carbocycles. The second kappa shape index (κ2) is 10.4. The molecular weight excluding hydrogens is 456 g/mol. The maximum Gasteiger partial charge on any atom is 0.240 e. The Hall–Kier alpha value is -2.46. The Morgan fingerprint density at radius 2 is 1.94 bits per heavy atom. The zero-order valence-corrected chi connectivity index (χ0v) is 20.2. The minimum Gasteiger partial charge on any atom is -0.358 e. The van der Waals surface area contributed by atoms with Gasteiger partial charge in [-0.3, -0.25) is 14.6 Å². The van der Waals surface area contributed by atoms with E-state index in [0.717, 1.165) is 45.6 Å². The number of nitrogens with one attached hydrogen (secondary N) is 1. The summed E-state index contributed by atoms with van der Waals surface area (Å²) in [4.78, 5) is 20.6. The number of rotatable bonds is 7. The van der Waals surface area contributed by atoms with Crippen molar-refractivity contribution in [1.29, 1.82) is 0 Å². The van der Waals surface area contributed by atoms with E-state index in [1.165, 1.54) is 10.9 Å². The van der Waals surface area contributed by atoms with Gasteiger partial charge in [0.15, 0.2) is 0 Å². The number of carbonyl (C=O) groups excluding carboxylic acids is 1. The summed E-state index contributed by atoms with van der Waals surface area (Å²) in [6, 6.07) is 10.6. The SMILES string of the molecule is CNC(=O)CN1CCN(Cc2nc(C3CC(Cn4ccc5ccccc54)CC(Cl)O3)no2)CC1. The molecule has 3 aromatic rings. The highest BCUT2D eigenvalue weighted by Crippen LogP contribution is 2.36. The number of alkyl halides is 1. The summed E-state index contributed by atoms with van der Waals surface area (Å²) in [5.41, 5.74) is 0.856. The van der Waals surface area contributed by atoms with Gasteiger partial charge in [-0.15, -0.1) is 0 Å². The van der Waals surface area contributed by atoms with E-state index in [1.54, 1.807) is 7.05 Å². The first-order valence-electron chi connectivity index (χ1n) is 11.9. The third-order valence-corrected chi connectivity index (χ3v) is 7.04. The molecule has 2 fully saturated rings. The predicted molar refractivity (Wildman–Crippen MR) is 128 cm³/mol. The fraction of sp³-hybridized carbons (Fsp3) is 0.542. The second-order valence-corrected chi connectivity index (χ2v) is 9.66. The van der Waals surface area contributed by atoms with Crippen LogP contribution in [0.15, 0.2) is 41.1 Å². The van der Waals surface area contributed by atoms with Gasteiger partial charge in [0.05, 0.1) is 13.1 Å². The van der Waals surface area contributed by atoms with Crippen LogP contribution in [-0.2, 0) is 22.6 Å². The third-order valence-electron chi connectivity index (χ3n) is 6.75. The predicted octanol–water partition coefficient (Wildman–Crippen LogP) is 2.62. The molecule has 2 aromatic heterocycles. The number of nitrogens with zero attached hydrogens (tertiary/aromatic N) is 5. The molecule has 5 rings (SSSR count). The standard InChI is InChI=1S/C24H31ClN6O3/c1-26-22(32)15-29-8-10-30(11-9-29)16-23-27-24(28-34-23)20-12-17(13-21(25)33-20)14-31-7-6-18-4-2-3-5-19(18)31/h2-7,17,20-21H,8-16H2,1H3,(H,26,32). The average molecular weight is 487 g/mol. The van der Waals surface area contributed by atoms with Crippen molar-refractivity contribution < 1.29 is 14.1 Å². The number of halogens is 1. The molecule has 1 amide bonds. The van der Waals surface area contributed by atoms with Crippen molar-refractivity contribution >= 4 is 28.4 Å². The molecule has 0 bridgehead atoms. The molecule has 3 atom stereocenters. The van der Waals surface area contributed by atoms with Gasteiger partial charge in [0.25, 0.3) is 0 Å². The lowest BCUT2D eigenvalue weighted by molar-refractivity contribution is -0.122. The van der Waals surface area contributed by atoms with Gasteiger partial charge < -0.3 is 19.1 Å². The number of hydrogen-bond donors (Lipinski definition) is 1. The van der Waals surface area contributed by atoms with E-state index in [0.29, 0.717) is 30.7 Å². The van der Waals surface area contributed by atoms with E-state index in [2.05, 4.69) is 66.4 Å². The van der Waals surface area contributed by atoms with Gasteiger partial charge in [-0.25, -0.2) is 0 Å². The van der Waals surface area contributed by atoms with Crippen molar-refractivity contribution in [3.8, 4) is 0 Å². The lowest BCUT2D eigenvalue weighted by Gasteiger charge is -2.33. The summed E-state index contributed by atoms with van der Waals surface area (Å²) in [5.74, 6) is 1.56. The van der Waals surface area contributed by atoms with Gasteiger partial charge in [-0.2, -0.15) is 4.98 Å². The van der Waals surface area contributed by atoms with Crippen LogP contribution in [0.4, 0.5) is 0 Å². The molecule has 34 heavy (non-hydrogen) atoms. The summed E-state index contributed by atoms with van der Waals surface area (Å²) in [6.07, 6.45) is 3.45. The summed E-state index contributed by atoms with van der Waals surface area (Å²) in [7, 11) is 1.67. The molecule has 0 saturated carbocycles. The number of ether oxygens (including phenoxy) is 1. The molecule has 1 N–H and O–H groups in total. The van der Waals surface area contributed by atoms with E-state index in [-0.39, 0.29) is 17.6 Å². The number of likely N-dealkylation sites (N-methyl/N-ethyl adjacent to an activating group) is 1. The highest BCUT2D eigenvalue weighted by Gasteiger charge is 2.33. The lowest BCUT2D eigenvalue weighted by Crippen LogP contribution is -2.48. The zero-order chi connectivity index (χ0) is 23.5. The van der Waals surface area contributed by atoms with Gasteiger partial charge in [0.1, 0.15) is 11.7 Å². The van der Waals surface area contributed by atoms with Crippen molar-refractivity contribution in [1.82, 2.24) is 29.8 Å². The molecular formula is C24H31ClN6O3. The smallest absolute Gasteiger partial charge is 0.240 e. The van der Waals surface area contributed by atoms with Crippen LogP contribution < -0.4 is 5.32 Å². The van der Waals surface area contributed by atoms with Gasteiger partial charge >= 0.3 is 0 Å². The van der Waals surface area contributed by atoms with Crippen LogP contribution in [0, 0.1) is 5.92 Å². The number of para-hydroxylation sites is 1. The Balaban J connectivity index is 1.17. The topological polar surface area (TPSA) is 88.7 Å². The highest BCUT2D eigenvalue weighted by atomic mass is 35.5. The van der Waals surface area contributed by atoms with Crippen LogP contribution in [0.25, 0.3) is 10.9 Å². The van der Waals surface area contributed by atoms with Crippen LogP contribution in [0.5, 0.6) is 0 Å². The van der Waals surface area contributed by atoms with Crippen LogP contribution >= 0.6 is 11.6 Å². The van der Waals surface area contributed by atoms with E-state index >= 15 is 0 Å². The number of amides is 1. The Morgan fingerprint density at radius 1 is 1.15 bits per heavy atom. The Labute approximate surface area is 204 Å². The fourth-order valence-corrected chi connectivity index (χ4v) is 5.26. The summed E-state index contributed by atoms with van der Waals surface area (Å²) in [6.45, 7) is 5.29. The van der Waals surface area contributed by atoms with Crippen molar-refractivity contribution in [3.63, 3.8) is 0 Å². The lowest BCUT2D eigenvalue weighted by atomic mass is 9.95. The van der Waals surface area contributed by atoms with Crippen LogP contribution in [0.3, 0.4) is 0 Å². The number of carbonyl (C=O) groups is 1. The van der Waals surface area contributed by atoms with E-state index in [9.17, 15) is 4.79 Å². The molecule has 10 heteroatoms. The zero-order valence-electron chi connectivity index (χ0n) is 19.4. The number of piperazine rings is 1. The number of fused-ring (bicyclic) bond motifs is 1. The molecule has 2 saturated heterocycles. The van der Waals surface area contributed by atoms with Gasteiger partial charge in [0, 0.05) is 51.5 Å². The molecule has 0 spiro atoms. The Kier molecular flexibility index (Phi) is 7.15. The average Bonchev–Trinajstić information content (AvgIpc) is 3.47. The minimum absolute atomic E-state index is 0.0448. The third kappa shape index (κ3) is 5.43. The molecule has 3 unspecified atom stereocenters. The number of hydrogen-bond acceptors (Lipinski definition) is 7. The normalized spacial score (nSPS) is 24.5. The minimum atomic E-state index is -0.374. The van der Waals surface area contributed by atoms with Gasteiger partial charge in [-0.05, 0) is 36.3 Å². The monoisotopic (exact) mass is 486 g/mol. The summed E-state index contributed by atoms with van der Waals surface area (Å²) < 4.78 is 13.8. The number of benzene rings is 1. The van der Waals surface area contributed by atoms with Crippen LogP contribution in [0.1, 0.15) is 30.7 Å². The number of aromatic nitrogens is 3. The molecule has 9 nitrogen and oxygen atoms in total. The summed E-state index contributed by atoms with van der Waals surface area (Å²) in [5, 5.41) is 8.13. The first-order chi connectivity index (χ1) is 16.6. The van der Waals surface area contributed by atoms with Crippen molar-refractivity contribution in [2.45, 2.75) is 37.6 Å². The van der Waals surface area contributed by atoms with E-state index < -0.39 is 0 Å². The fourth-order valence-electron chi connectivity index (χ4n) is 4.89. The van der Waals surface area contributed by atoms with Crippen molar-refractivity contribution in [2.75, 3.05) is 39.8 Å². The molecule has 0 radical (unpaired) electrons. The highest BCUT2D eigenvalue weighted by molar-refractivity contribution is 6.19. The second-order valence-electron chi connectivity index (χ2n) is 9.17. The summed E-state index contributed by atoms with van der Waals surface area (Å²) >= 11 is 6.48. The van der Waals surface area contributed by atoms with Crippen molar-refractivity contribution in [2.24, 2.45) is 5.92 Å². The van der Waals surface area contributed by atoms with Gasteiger partial charge in [0.2, 0.25) is 17.6 Å². The Bertz CT molecular complexity index is 1110. The largest absolute Gasteiger partial charge is 0.358 e. The Morgan fingerprint density at radius 3 is 2.76 bits per heavy atom. The molecule has 2 aliphatic heterocycles. The molecule has 2 aliphatic rings. The molecule has 4 heterocycles. The first-order valence-corrected chi connectivity index (χ1v) is 12.3. The quantitative estimate of drug-likeness (QED) is 0.513. The van der Waals surface area contributed by atoms with E-state index in [1.807, 2.05) is 0 Å². The first kappa shape index (κ1) is 23.3. The van der Waals surface area contributed by atoms with Crippen LogP contribution in [-0.4, -0.2) is 75.7 Å². The molecule has 182 valence electrons.